The van der Waals surface area contributed by atoms with E-state index in [2.05, 4.69) is 20.8 Å². The van der Waals surface area contributed by atoms with Crippen molar-refractivity contribution in [3.8, 4) is 5.75 Å². The minimum absolute atomic E-state index is 0.0598. The van der Waals surface area contributed by atoms with Gasteiger partial charge in [0.25, 0.3) is 0 Å². The van der Waals surface area contributed by atoms with Crippen LogP contribution in [0.15, 0.2) is 82.2 Å². The molecule has 220 valence electrons. The molecular weight excluding hydrogens is 564 g/mol. The Labute approximate surface area is 236 Å². The van der Waals surface area contributed by atoms with Gasteiger partial charge in [0.15, 0.2) is 11.6 Å². The Morgan fingerprint density at radius 2 is 1.76 bits per heavy atom. The normalized spacial score (nSPS) is 19.9. The molecule has 0 aliphatic carbocycles. The van der Waals surface area contributed by atoms with Crippen LogP contribution in [0.3, 0.4) is 0 Å². The lowest BCUT2D eigenvalue weighted by Gasteiger charge is -2.39. The molecule has 7 nitrogen and oxygen atoms in total. The lowest BCUT2D eigenvalue weighted by Crippen LogP contribution is -2.55. The first-order valence-corrected chi connectivity index (χ1v) is 12.9. The second-order valence-corrected chi connectivity index (χ2v) is 10.1. The first kappa shape index (κ1) is 29.1. The number of urea groups is 1. The van der Waals surface area contributed by atoms with Gasteiger partial charge in [0.2, 0.25) is 0 Å². The Morgan fingerprint density at radius 1 is 1.02 bits per heavy atom. The number of halogens is 6. The highest BCUT2D eigenvalue weighted by Crippen LogP contribution is 2.40. The number of amides is 2. The van der Waals surface area contributed by atoms with Crippen molar-refractivity contribution in [2.75, 3.05) is 20.2 Å². The molecule has 0 unspecified atom stereocenters. The predicted octanol–water partition coefficient (Wildman–Crippen LogP) is 6.42. The van der Waals surface area contributed by atoms with Crippen molar-refractivity contribution >= 4 is 11.7 Å². The zero-order valence-corrected chi connectivity index (χ0v) is 22.2. The molecule has 42 heavy (non-hydrogen) atoms. The fraction of sp³-hybridized carbons (Fsp3) is 0.310. The van der Waals surface area contributed by atoms with Crippen LogP contribution < -0.4 is 10.1 Å². The summed E-state index contributed by atoms with van der Waals surface area (Å²) in [6.07, 6.45) is -6.59. The second-order valence-electron chi connectivity index (χ2n) is 10.1. The van der Waals surface area contributed by atoms with Crippen molar-refractivity contribution in [2.45, 2.75) is 36.8 Å². The van der Waals surface area contributed by atoms with E-state index in [-0.39, 0.29) is 42.8 Å². The van der Waals surface area contributed by atoms with Crippen LogP contribution >= 0.6 is 0 Å². The number of nitrogens with zero attached hydrogens (tertiary/aromatic N) is 4. The Kier molecular flexibility index (Phi) is 7.93. The molecule has 13 heteroatoms. The average Bonchev–Trinajstić information content (AvgIpc) is 3.62. The Bertz CT molecular complexity index is 1530. The van der Waals surface area contributed by atoms with Crippen LogP contribution in [0.2, 0.25) is 0 Å². The van der Waals surface area contributed by atoms with Crippen LogP contribution in [0.1, 0.15) is 28.7 Å². The molecule has 0 aromatic heterocycles. The molecule has 1 N–H and O–H groups in total. The topological polar surface area (TPSA) is 78.6 Å². The number of benzene rings is 3. The molecule has 0 bridgehead atoms. The molecule has 3 atom stereocenters. The van der Waals surface area contributed by atoms with Crippen molar-refractivity contribution in [1.82, 2.24) is 10.2 Å². The first-order valence-electron chi connectivity index (χ1n) is 12.9. The SMILES string of the molecule is COc1cc([C@@](Cc2ccccc2)(NC(=O)N2C[C@@H](F)C[C@H]2C2=NN=NC2)c2cc(F)cc(C(F)(F)F)c2)ccc1F. The number of carbonyl (C=O) groups excluding carboxylic acids is 1. The maximum absolute atomic E-state index is 14.9. The summed E-state index contributed by atoms with van der Waals surface area (Å²) in [5.74, 6) is -2.21. The van der Waals surface area contributed by atoms with Crippen molar-refractivity contribution in [2.24, 2.45) is 15.4 Å². The summed E-state index contributed by atoms with van der Waals surface area (Å²) in [5, 5.41) is 14.0. The molecule has 3 aromatic carbocycles. The van der Waals surface area contributed by atoms with Crippen molar-refractivity contribution in [1.29, 1.82) is 0 Å². The summed E-state index contributed by atoms with van der Waals surface area (Å²) in [6, 6.07) is 12.3. The molecule has 5 rings (SSSR count). The molecular formula is C29H25F6N5O2. The highest BCUT2D eigenvalue weighted by molar-refractivity contribution is 5.95. The summed E-state index contributed by atoms with van der Waals surface area (Å²) < 4.78 is 91.0. The van der Waals surface area contributed by atoms with Gasteiger partial charge in [0, 0.05) is 12.8 Å². The third-order valence-electron chi connectivity index (χ3n) is 7.36. The van der Waals surface area contributed by atoms with Crippen molar-refractivity contribution < 1.29 is 35.9 Å². The van der Waals surface area contributed by atoms with Gasteiger partial charge < -0.3 is 15.0 Å². The van der Waals surface area contributed by atoms with Gasteiger partial charge in [-0.3, -0.25) is 0 Å². The van der Waals surface area contributed by atoms with E-state index in [1.165, 1.54) is 24.1 Å². The summed E-state index contributed by atoms with van der Waals surface area (Å²) >= 11 is 0. The van der Waals surface area contributed by atoms with E-state index in [4.69, 9.17) is 4.74 Å². The van der Waals surface area contributed by atoms with Gasteiger partial charge in [0.05, 0.1) is 36.5 Å². The van der Waals surface area contributed by atoms with Crippen LogP contribution in [0, 0.1) is 11.6 Å². The summed E-state index contributed by atoms with van der Waals surface area (Å²) in [5.41, 5.74) is -2.45. The number of hydrogen-bond acceptors (Lipinski definition) is 5. The van der Waals surface area contributed by atoms with E-state index < -0.39 is 47.2 Å². The van der Waals surface area contributed by atoms with Gasteiger partial charge >= 0.3 is 12.2 Å². The molecule has 1 saturated heterocycles. The highest BCUT2D eigenvalue weighted by atomic mass is 19.4. The summed E-state index contributed by atoms with van der Waals surface area (Å²) in [6.45, 7) is -0.273. The molecule has 0 spiro atoms. The van der Waals surface area contributed by atoms with Crippen LogP contribution in [-0.2, 0) is 18.1 Å². The number of hydrogen-bond donors (Lipinski definition) is 1. The van der Waals surface area contributed by atoms with E-state index in [9.17, 15) is 31.1 Å². The monoisotopic (exact) mass is 589 g/mol. The summed E-state index contributed by atoms with van der Waals surface area (Å²) in [7, 11) is 1.21. The number of methoxy groups -OCH3 is 1. The van der Waals surface area contributed by atoms with Gasteiger partial charge in [-0.1, -0.05) is 36.4 Å². The van der Waals surface area contributed by atoms with Gasteiger partial charge in [-0.2, -0.15) is 18.3 Å². The quantitative estimate of drug-likeness (QED) is 0.323. The number of alkyl halides is 4. The molecule has 3 aromatic rings. The van der Waals surface area contributed by atoms with Crippen LogP contribution in [0.4, 0.5) is 31.1 Å². The fourth-order valence-electron chi connectivity index (χ4n) is 5.36. The maximum atomic E-state index is 14.9. The van der Waals surface area contributed by atoms with Gasteiger partial charge in [0.1, 0.15) is 18.5 Å². The van der Waals surface area contributed by atoms with Crippen LogP contribution in [0.25, 0.3) is 0 Å². The number of likely N-dealkylation sites (tertiary alicyclic amines) is 1. The Hall–Kier alpha value is -4.42. The molecule has 0 radical (unpaired) electrons. The number of carbonyl (C=O) groups is 1. The van der Waals surface area contributed by atoms with E-state index in [0.717, 1.165) is 18.2 Å². The van der Waals surface area contributed by atoms with E-state index in [0.29, 0.717) is 17.3 Å². The average molecular weight is 590 g/mol. The molecule has 2 aliphatic heterocycles. The van der Waals surface area contributed by atoms with Gasteiger partial charge in [-0.05, 0) is 52.2 Å². The standard InChI is InChI=1S/C29H25F6N5O2/c1-42-26-12-18(7-8-23(26)32)28(14-17-5-3-2-4-6-17,19-9-20(29(33,34)35)11-21(30)10-19)37-27(41)40-16-22(31)13-25(40)24-15-36-39-38-24/h2-12,22,25H,13-16H2,1H3,(H,37,41)/t22-,25-,28+/m0/s1. The molecule has 1 fully saturated rings. The lowest BCUT2D eigenvalue weighted by molar-refractivity contribution is -0.137. The number of ether oxygens (including phenoxy) is 1. The second kappa shape index (κ2) is 11.5. The molecule has 2 heterocycles. The van der Waals surface area contributed by atoms with Crippen molar-refractivity contribution in [3.05, 3.63) is 101 Å². The van der Waals surface area contributed by atoms with Crippen LogP contribution in [-0.4, -0.2) is 49.1 Å². The lowest BCUT2D eigenvalue weighted by atomic mass is 9.77. The number of nitrogens with one attached hydrogen (secondary N) is 1. The molecule has 0 saturated carbocycles. The minimum atomic E-state index is -4.92. The highest BCUT2D eigenvalue weighted by Gasteiger charge is 2.45. The molecule has 2 aliphatic rings. The zero-order valence-electron chi connectivity index (χ0n) is 22.2. The van der Waals surface area contributed by atoms with Gasteiger partial charge in [-0.15, -0.1) is 5.10 Å². The van der Waals surface area contributed by atoms with Crippen molar-refractivity contribution in [3.63, 3.8) is 0 Å². The first-order chi connectivity index (χ1) is 20.0. The maximum Gasteiger partial charge on any atom is 0.416 e. The van der Waals surface area contributed by atoms with E-state index in [1.807, 2.05) is 0 Å². The van der Waals surface area contributed by atoms with E-state index in [1.54, 1.807) is 30.3 Å². The molecule has 2 amide bonds. The van der Waals surface area contributed by atoms with E-state index >= 15 is 0 Å². The largest absolute Gasteiger partial charge is 0.494 e. The Balaban J connectivity index is 1.71. The zero-order chi connectivity index (χ0) is 30.1. The fourth-order valence-corrected chi connectivity index (χ4v) is 5.36. The van der Waals surface area contributed by atoms with Crippen LogP contribution in [0.5, 0.6) is 5.75 Å². The Morgan fingerprint density at radius 3 is 2.43 bits per heavy atom. The number of rotatable bonds is 7. The summed E-state index contributed by atoms with van der Waals surface area (Å²) in [4.78, 5) is 15.2. The minimum Gasteiger partial charge on any atom is -0.494 e. The smallest absolute Gasteiger partial charge is 0.416 e. The third-order valence-corrected chi connectivity index (χ3v) is 7.36. The van der Waals surface area contributed by atoms with Gasteiger partial charge in [-0.25, -0.2) is 18.0 Å². The predicted molar refractivity (Wildman–Crippen MR) is 141 cm³/mol. The third kappa shape index (κ3) is 5.81.